The van der Waals surface area contributed by atoms with E-state index >= 15 is 0 Å². The maximum absolute atomic E-state index is 12.8. The molecule has 1 unspecified atom stereocenters. The number of carbonyl (C=O) groups is 3. The summed E-state index contributed by atoms with van der Waals surface area (Å²) in [6.45, 7) is 1.63. The number of aromatic nitrogens is 2. The van der Waals surface area contributed by atoms with Crippen molar-refractivity contribution in [2.45, 2.75) is 32.4 Å². The van der Waals surface area contributed by atoms with Gasteiger partial charge in [-0.1, -0.05) is 42.5 Å². The van der Waals surface area contributed by atoms with Crippen LogP contribution in [-0.4, -0.2) is 45.5 Å². The van der Waals surface area contributed by atoms with E-state index in [0.29, 0.717) is 31.7 Å². The molecule has 3 amide bonds. The average Bonchev–Trinajstić information content (AvgIpc) is 3.36. The summed E-state index contributed by atoms with van der Waals surface area (Å²) in [5, 5.41) is 9.87. The van der Waals surface area contributed by atoms with Gasteiger partial charge in [0.25, 0.3) is 0 Å². The molecule has 2 heterocycles. The molecule has 4 rings (SSSR count). The number of amides is 3. The van der Waals surface area contributed by atoms with Gasteiger partial charge in [-0.05, 0) is 42.2 Å². The Labute approximate surface area is 199 Å². The van der Waals surface area contributed by atoms with Gasteiger partial charge in [0.05, 0.1) is 12.3 Å². The van der Waals surface area contributed by atoms with Crippen LogP contribution in [0.2, 0.25) is 0 Å². The average molecular weight is 460 g/mol. The topological polar surface area (TPSA) is 96.3 Å². The van der Waals surface area contributed by atoms with Crippen molar-refractivity contribution in [3.05, 3.63) is 84.2 Å². The van der Waals surface area contributed by atoms with Gasteiger partial charge >= 0.3 is 0 Å². The van der Waals surface area contributed by atoms with Crippen LogP contribution in [0.25, 0.3) is 0 Å². The number of rotatable bonds is 8. The summed E-state index contributed by atoms with van der Waals surface area (Å²) in [7, 11) is 0. The molecule has 8 heteroatoms. The number of benzene rings is 2. The van der Waals surface area contributed by atoms with E-state index < -0.39 is 0 Å². The molecule has 1 atom stereocenters. The van der Waals surface area contributed by atoms with E-state index in [9.17, 15) is 14.4 Å². The van der Waals surface area contributed by atoms with Crippen LogP contribution in [0.3, 0.4) is 0 Å². The van der Waals surface area contributed by atoms with Crippen LogP contribution in [-0.2, 0) is 33.9 Å². The Morgan fingerprint density at radius 2 is 1.82 bits per heavy atom. The minimum absolute atomic E-state index is 0.0506. The predicted molar refractivity (Wildman–Crippen MR) is 129 cm³/mol. The zero-order chi connectivity index (χ0) is 23.8. The number of anilines is 1. The number of likely N-dealkylation sites (tertiary alicyclic amines) is 1. The van der Waals surface area contributed by atoms with Crippen LogP contribution in [0.5, 0.6) is 0 Å². The molecule has 0 radical (unpaired) electrons. The standard InChI is InChI=1S/C26H29N5O3/c32-24(19-31-14-6-12-28-31)29-23-11-4-9-21(15-23)17-27-26(34)22-10-5-13-30(18-22)25(33)16-20-7-2-1-3-8-20/h1-4,6-9,11-12,14-15,22H,5,10,13,16-19H2,(H,27,34)(H,29,32). The normalized spacial score (nSPS) is 15.5. The van der Waals surface area contributed by atoms with Gasteiger partial charge in [0.2, 0.25) is 17.7 Å². The maximum atomic E-state index is 12.8. The number of carbonyl (C=O) groups excluding carboxylic acids is 3. The van der Waals surface area contributed by atoms with Crippen LogP contribution in [0.15, 0.2) is 73.1 Å². The lowest BCUT2D eigenvalue weighted by Gasteiger charge is -2.32. The maximum Gasteiger partial charge on any atom is 0.246 e. The summed E-state index contributed by atoms with van der Waals surface area (Å²) in [5.41, 5.74) is 2.54. The molecule has 0 spiro atoms. The van der Waals surface area contributed by atoms with Gasteiger partial charge in [0, 0.05) is 37.7 Å². The summed E-state index contributed by atoms with van der Waals surface area (Å²) in [5.74, 6) is -0.384. The van der Waals surface area contributed by atoms with Crippen LogP contribution in [0.1, 0.15) is 24.0 Å². The number of hydrogen-bond donors (Lipinski definition) is 2. The first-order chi connectivity index (χ1) is 16.6. The van der Waals surface area contributed by atoms with Crippen LogP contribution in [0.4, 0.5) is 5.69 Å². The number of piperidine rings is 1. The zero-order valence-electron chi connectivity index (χ0n) is 19.0. The van der Waals surface area contributed by atoms with Gasteiger partial charge in [0.1, 0.15) is 6.54 Å². The fourth-order valence-corrected chi connectivity index (χ4v) is 4.13. The van der Waals surface area contributed by atoms with Gasteiger partial charge in [0.15, 0.2) is 0 Å². The molecule has 1 fully saturated rings. The summed E-state index contributed by atoms with van der Waals surface area (Å²) >= 11 is 0. The van der Waals surface area contributed by atoms with Crippen molar-refractivity contribution in [1.82, 2.24) is 20.0 Å². The monoisotopic (exact) mass is 459 g/mol. The summed E-state index contributed by atoms with van der Waals surface area (Å²) in [4.78, 5) is 39.5. The first-order valence-corrected chi connectivity index (χ1v) is 11.5. The van der Waals surface area contributed by atoms with Crippen molar-refractivity contribution in [3.8, 4) is 0 Å². The highest BCUT2D eigenvalue weighted by Crippen LogP contribution is 2.18. The Kier molecular flexibility index (Phi) is 7.70. The van der Waals surface area contributed by atoms with Gasteiger partial charge in [-0.3, -0.25) is 19.1 Å². The second kappa shape index (κ2) is 11.3. The van der Waals surface area contributed by atoms with Crippen molar-refractivity contribution in [1.29, 1.82) is 0 Å². The molecule has 34 heavy (non-hydrogen) atoms. The highest BCUT2D eigenvalue weighted by Gasteiger charge is 2.28. The lowest BCUT2D eigenvalue weighted by molar-refractivity contribution is -0.135. The van der Waals surface area contributed by atoms with E-state index in [2.05, 4.69) is 15.7 Å². The Hall–Kier alpha value is -3.94. The van der Waals surface area contributed by atoms with Crippen molar-refractivity contribution < 1.29 is 14.4 Å². The van der Waals surface area contributed by atoms with Crippen molar-refractivity contribution in [2.24, 2.45) is 5.92 Å². The molecule has 1 aliphatic rings. The SMILES string of the molecule is O=C(Cn1cccn1)Nc1cccc(CNC(=O)C2CCCN(C(=O)Cc3ccccc3)C2)c1. The van der Waals surface area contributed by atoms with E-state index in [-0.39, 0.29) is 30.2 Å². The second-order valence-electron chi connectivity index (χ2n) is 8.51. The third-order valence-corrected chi connectivity index (χ3v) is 5.89. The highest BCUT2D eigenvalue weighted by atomic mass is 16.2. The second-order valence-corrected chi connectivity index (χ2v) is 8.51. The number of nitrogens with zero attached hydrogens (tertiary/aromatic N) is 3. The Morgan fingerprint density at radius 1 is 1.00 bits per heavy atom. The van der Waals surface area contributed by atoms with E-state index in [1.54, 1.807) is 28.0 Å². The molecule has 1 aromatic heterocycles. The summed E-state index contributed by atoms with van der Waals surface area (Å²) in [6.07, 6.45) is 5.30. The van der Waals surface area contributed by atoms with Gasteiger partial charge in [-0.2, -0.15) is 5.10 Å². The first-order valence-electron chi connectivity index (χ1n) is 11.5. The van der Waals surface area contributed by atoms with Crippen LogP contribution < -0.4 is 10.6 Å². The lowest BCUT2D eigenvalue weighted by atomic mass is 9.96. The van der Waals surface area contributed by atoms with Crippen LogP contribution >= 0.6 is 0 Å². The zero-order valence-corrected chi connectivity index (χ0v) is 19.0. The molecule has 0 aliphatic carbocycles. The molecular weight excluding hydrogens is 430 g/mol. The molecule has 3 aromatic rings. The Bertz CT molecular complexity index is 1110. The molecule has 176 valence electrons. The lowest BCUT2D eigenvalue weighted by Crippen LogP contribution is -2.45. The minimum Gasteiger partial charge on any atom is -0.352 e. The van der Waals surface area contributed by atoms with E-state index in [4.69, 9.17) is 0 Å². The number of nitrogens with one attached hydrogen (secondary N) is 2. The predicted octanol–water partition coefficient (Wildman–Crippen LogP) is 2.62. The largest absolute Gasteiger partial charge is 0.352 e. The fraction of sp³-hybridized carbons (Fsp3) is 0.308. The number of hydrogen-bond acceptors (Lipinski definition) is 4. The fourth-order valence-electron chi connectivity index (χ4n) is 4.13. The van der Waals surface area contributed by atoms with E-state index in [0.717, 1.165) is 24.0 Å². The molecule has 2 N–H and O–H groups in total. The van der Waals surface area contributed by atoms with Crippen molar-refractivity contribution in [2.75, 3.05) is 18.4 Å². The van der Waals surface area contributed by atoms with E-state index in [1.165, 1.54) is 0 Å². The molecule has 0 saturated carbocycles. The van der Waals surface area contributed by atoms with Gasteiger partial charge < -0.3 is 15.5 Å². The van der Waals surface area contributed by atoms with Crippen molar-refractivity contribution >= 4 is 23.4 Å². The molecule has 2 aromatic carbocycles. The smallest absolute Gasteiger partial charge is 0.246 e. The third-order valence-electron chi connectivity index (χ3n) is 5.89. The summed E-state index contributed by atoms with van der Waals surface area (Å²) < 4.78 is 1.55. The molecule has 0 bridgehead atoms. The molecule has 8 nitrogen and oxygen atoms in total. The Balaban J connectivity index is 1.26. The molecule has 1 aliphatic heterocycles. The van der Waals surface area contributed by atoms with Gasteiger partial charge in [-0.25, -0.2) is 0 Å². The summed E-state index contributed by atoms with van der Waals surface area (Å²) in [6, 6.07) is 18.8. The molecule has 1 saturated heterocycles. The first kappa shape index (κ1) is 23.2. The van der Waals surface area contributed by atoms with Crippen LogP contribution in [0, 0.1) is 5.92 Å². The molecular formula is C26H29N5O3. The third kappa shape index (κ3) is 6.54. The van der Waals surface area contributed by atoms with Gasteiger partial charge in [-0.15, -0.1) is 0 Å². The minimum atomic E-state index is -0.217. The highest BCUT2D eigenvalue weighted by molar-refractivity contribution is 5.90. The van der Waals surface area contributed by atoms with Crippen molar-refractivity contribution in [3.63, 3.8) is 0 Å². The quantitative estimate of drug-likeness (QED) is 0.541. The Morgan fingerprint density at radius 3 is 2.62 bits per heavy atom. The van der Waals surface area contributed by atoms with E-state index in [1.807, 2.05) is 54.6 Å².